The van der Waals surface area contributed by atoms with Crippen molar-refractivity contribution in [2.24, 2.45) is 5.10 Å². The lowest BCUT2D eigenvalue weighted by Crippen LogP contribution is -2.34. The Kier molecular flexibility index (Phi) is 6.45. The van der Waals surface area contributed by atoms with Crippen molar-refractivity contribution in [1.82, 2.24) is 15.0 Å². The van der Waals surface area contributed by atoms with E-state index >= 15 is 0 Å². The van der Waals surface area contributed by atoms with Gasteiger partial charge < -0.3 is 10.4 Å². The molecule has 0 aliphatic heterocycles. The molecule has 0 atom stereocenters. The van der Waals surface area contributed by atoms with Crippen LogP contribution in [-0.4, -0.2) is 25.5 Å². The first kappa shape index (κ1) is 19.1. The average molecular weight is 373 g/mol. The Labute approximate surface area is 154 Å². The summed E-state index contributed by atoms with van der Waals surface area (Å²) in [7, 11) is 0. The Bertz CT molecular complexity index is 947. The lowest BCUT2D eigenvalue weighted by Gasteiger charge is -2.12. The van der Waals surface area contributed by atoms with Gasteiger partial charge in [-0.25, -0.2) is 4.79 Å². The Morgan fingerprint density at radius 1 is 1.38 bits per heavy atom. The van der Waals surface area contributed by atoms with Crippen molar-refractivity contribution in [1.29, 1.82) is 0 Å². The minimum Gasteiger partial charge on any atom is -0.494 e. The second-order valence-electron chi connectivity index (χ2n) is 5.20. The van der Waals surface area contributed by atoms with E-state index in [0.717, 1.165) is 10.3 Å². The van der Waals surface area contributed by atoms with Crippen LogP contribution in [0.3, 0.4) is 0 Å². The van der Waals surface area contributed by atoms with E-state index in [0.29, 0.717) is 6.42 Å². The number of nitrogens with zero attached hydrogens (tertiary/aromatic N) is 2. The third-order valence-corrected chi connectivity index (χ3v) is 3.62. The van der Waals surface area contributed by atoms with Crippen LogP contribution in [0.5, 0.6) is 5.88 Å². The smallest absolute Gasteiger partial charge is 0.331 e. The Hall–Kier alpha value is -3.20. The van der Waals surface area contributed by atoms with Gasteiger partial charge in [-0.2, -0.15) is 5.10 Å². The molecule has 0 fully saturated rings. The quantitative estimate of drug-likeness (QED) is 0.264. The zero-order valence-corrected chi connectivity index (χ0v) is 15.0. The van der Waals surface area contributed by atoms with Crippen molar-refractivity contribution in [3.63, 3.8) is 0 Å². The molecule has 136 valence electrons. The Morgan fingerprint density at radius 3 is 2.69 bits per heavy atom. The number of hydrogen-bond acceptors (Lipinski definition) is 5. The zero-order chi connectivity index (χ0) is 19.1. The number of allylic oxidation sites excluding steroid dienone is 1. The molecule has 2 rings (SSSR count). The van der Waals surface area contributed by atoms with Crippen LogP contribution < -0.4 is 22.0 Å². The Morgan fingerprint density at radius 2 is 2.08 bits per heavy atom. The molecule has 0 aliphatic carbocycles. The van der Waals surface area contributed by atoms with Crippen LogP contribution in [0.1, 0.15) is 18.9 Å². The highest BCUT2D eigenvalue weighted by Crippen LogP contribution is 2.13. The van der Waals surface area contributed by atoms with Gasteiger partial charge in [-0.1, -0.05) is 31.2 Å². The molecule has 0 spiro atoms. The maximum absolute atomic E-state index is 12.1. The number of H-pyrrole nitrogens is 1. The monoisotopic (exact) mass is 373 g/mol. The molecule has 0 saturated heterocycles. The summed E-state index contributed by atoms with van der Waals surface area (Å²) < 4.78 is 0.995. The number of aromatic hydroxyl groups is 1. The number of thiocarbonyl (C=S) groups is 1. The van der Waals surface area contributed by atoms with Gasteiger partial charge in [-0.15, -0.1) is 6.58 Å². The molecule has 1 heterocycles. The minimum absolute atomic E-state index is 0.0485. The fourth-order valence-electron chi connectivity index (χ4n) is 2.23. The minimum atomic E-state index is -0.725. The highest BCUT2D eigenvalue weighted by atomic mass is 32.1. The molecule has 0 radical (unpaired) electrons. The number of nitrogens with one attached hydrogen (secondary N) is 3. The summed E-state index contributed by atoms with van der Waals surface area (Å²) >= 11 is 5.16. The summed E-state index contributed by atoms with van der Waals surface area (Å²) in [4.78, 5) is 26.1. The predicted molar refractivity (Wildman–Crippen MR) is 106 cm³/mol. The Balaban J connectivity index is 2.30. The number of rotatable bonds is 6. The average Bonchev–Trinajstić information content (AvgIpc) is 2.62. The van der Waals surface area contributed by atoms with Gasteiger partial charge in [0.25, 0.3) is 5.56 Å². The molecule has 0 unspecified atom stereocenters. The second kappa shape index (κ2) is 8.77. The first-order valence-corrected chi connectivity index (χ1v) is 8.24. The number of benzene rings is 1. The van der Waals surface area contributed by atoms with E-state index in [2.05, 4.69) is 27.4 Å². The van der Waals surface area contributed by atoms with Crippen molar-refractivity contribution in [3.8, 4) is 5.88 Å². The van der Waals surface area contributed by atoms with Crippen LogP contribution in [0.2, 0.25) is 0 Å². The summed E-state index contributed by atoms with van der Waals surface area (Å²) in [6, 6.07) is 9.25. The van der Waals surface area contributed by atoms with Crippen molar-refractivity contribution in [3.05, 3.63) is 69.4 Å². The molecule has 1 aromatic heterocycles. The van der Waals surface area contributed by atoms with Gasteiger partial charge in [-0.05, 0) is 30.8 Å². The predicted octanol–water partition coefficient (Wildman–Crippen LogP) is 1.53. The molecule has 26 heavy (non-hydrogen) atoms. The fourth-order valence-corrected chi connectivity index (χ4v) is 2.39. The summed E-state index contributed by atoms with van der Waals surface area (Å²) in [5.74, 6) is -0.469. The molecule has 4 N–H and O–H groups in total. The molecule has 9 heteroatoms. The standard InChI is InChI=1S/C17H19N5O3S/c1-3-10-22-15(24)13(14(23)19-17(22)25)12(4-2)20-21-16(26)18-11-8-6-5-7-9-11/h3,5-9,24H,1,4,10H2,2H3,(H2,18,21,26)(H,19,23,25). The van der Waals surface area contributed by atoms with Gasteiger partial charge in [0.1, 0.15) is 5.56 Å². The fraction of sp³-hybridized carbons (Fsp3) is 0.176. The van der Waals surface area contributed by atoms with Crippen LogP contribution in [-0.2, 0) is 6.54 Å². The maximum Gasteiger partial charge on any atom is 0.331 e. The van der Waals surface area contributed by atoms with Crippen molar-refractivity contribution >= 4 is 28.7 Å². The topological polar surface area (TPSA) is 112 Å². The van der Waals surface area contributed by atoms with E-state index in [-0.39, 0.29) is 22.9 Å². The van der Waals surface area contributed by atoms with Gasteiger partial charge in [0.2, 0.25) is 5.88 Å². The van der Waals surface area contributed by atoms with Gasteiger partial charge in [0.05, 0.1) is 5.71 Å². The van der Waals surface area contributed by atoms with E-state index < -0.39 is 17.1 Å². The molecular formula is C17H19N5O3S. The van der Waals surface area contributed by atoms with E-state index in [1.54, 1.807) is 6.92 Å². The molecule has 8 nitrogen and oxygen atoms in total. The van der Waals surface area contributed by atoms with Crippen LogP contribution in [0.25, 0.3) is 0 Å². The van der Waals surface area contributed by atoms with E-state index in [9.17, 15) is 14.7 Å². The lowest BCUT2D eigenvalue weighted by atomic mass is 10.1. The molecule has 0 amide bonds. The molecule has 2 aromatic rings. The van der Waals surface area contributed by atoms with Crippen LogP contribution >= 0.6 is 12.2 Å². The molecule has 0 aliphatic rings. The number of para-hydroxylation sites is 1. The molecule has 0 saturated carbocycles. The van der Waals surface area contributed by atoms with E-state index in [4.69, 9.17) is 12.2 Å². The number of anilines is 1. The summed E-state index contributed by atoms with van der Waals surface area (Å²) in [5.41, 5.74) is 2.12. The van der Waals surface area contributed by atoms with Gasteiger partial charge >= 0.3 is 5.69 Å². The molecule has 0 bridgehead atoms. The number of aromatic nitrogens is 2. The molecular weight excluding hydrogens is 354 g/mol. The van der Waals surface area contributed by atoms with Gasteiger partial charge in [0, 0.05) is 12.2 Å². The number of hydrazone groups is 1. The van der Waals surface area contributed by atoms with Crippen molar-refractivity contribution < 1.29 is 5.11 Å². The first-order valence-electron chi connectivity index (χ1n) is 7.83. The third-order valence-electron chi connectivity index (χ3n) is 3.43. The summed E-state index contributed by atoms with van der Waals surface area (Å²) in [6.07, 6.45) is 1.76. The van der Waals surface area contributed by atoms with E-state index in [1.165, 1.54) is 6.08 Å². The molecule has 1 aromatic carbocycles. The normalized spacial score (nSPS) is 11.0. The highest BCUT2D eigenvalue weighted by Gasteiger charge is 2.18. The van der Waals surface area contributed by atoms with Gasteiger partial charge in [-0.3, -0.25) is 19.8 Å². The van der Waals surface area contributed by atoms with E-state index in [1.807, 2.05) is 30.3 Å². The lowest BCUT2D eigenvalue weighted by molar-refractivity contribution is 0.409. The number of hydrogen-bond donors (Lipinski definition) is 4. The van der Waals surface area contributed by atoms with Crippen LogP contribution in [0.4, 0.5) is 5.69 Å². The summed E-state index contributed by atoms with van der Waals surface area (Å²) in [6.45, 7) is 5.33. The van der Waals surface area contributed by atoms with Gasteiger partial charge in [0.15, 0.2) is 5.11 Å². The zero-order valence-electron chi connectivity index (χ0n) is 14.2. The summed E-state index contributed by atoms with van der Waals surface area (Å²) in [5, 5.41) is 17.6. The van der Waals surface area contributed by atoms with Crippen LogP contribution in [0.15, 0.2) is 57.7 Å². The SMILES string of the molecule is C=CCn1c(O)c(C(CC)=NNC(=S)Nc2ccccc2)c(=O)[nH]c1=O. The maximum atomic E-state index is 12.1. The third kappa shape index (κ3) is 4.45. The van der Waals surface area contributed by atoms with Crippen LogP contribution in [0, 0.1) is 0 Å². The number of aromatic amines is 1. The first-order chi connectivity index (χ1) is 12.5. The largest absolute Gasteiger partial charge is 0.494 e. The highest BCUT2D eigenvalue weighted by molar-refractivity contribution is 7.80. The van der Waals surface area contributed by atoms with Crippen molar-refractivity contribution in [2.45, 2.75) is 19.9 Å². The van der Waals surface area contributed by atoms with Crippen molar-refractivity contribution in [2.75, 3.05) is 5.32 Å². The second-order valence-corrected chi connectivity index (χ2v) is 5.61.